The van der Waals surface area contributed by atoms with Crippen LogP contribution < -0.4 is 5.73 Å². The summed E-state index contributed by atoms with van der Waals surface area (Å²) >= 11 is 1.85. The smallest absolute Gasteiger partial charge is 0.0656 e. The van der Waals surface area contributed by atoms with Crippen LogP contribution in [0.3, 0.4) is 0 Å². The molecule has 0 aromatic heterocycles. The highest BCUT2D eigenvalue weighted by Gasteiger charge is 2.26. The predicted molar refractivity (Wildman–Crippen MR) is 60.3 cm³/mol. The molecule has 0 aliphatic heterocycles. The van der Waals surface area contributed by atoms with Crippen LogP contribution in [0.1, 0.15) is 6.92 Å². The fraction of sp³-hybridized carbons (Fsp3) is 1.00. The molecule has 0 radical (unpaired) electrons. The fourth-order valence-electron chi connectivity index (χ4n) is 1.13. The molecule has 0 saturated carbocycles. The quantitative estimate of drug-likeness (QED) is 0.663. The van der Waals surface area contributed by atoms with Gasteiger partial charge >= 0.3 is 0 Å². The molecule has 0 heterocycles. The van der Waals surface area contributed by atoms with E-state index in [2.05, 4.69) is 25.1 Å². The van der Waals surface area contributed by atoms with Crippen LogP contribution in [0.4, 0.5) is 0 Å². The Morgan fingerprint density at radius 2 is 2.15 bits per heavy atom. The van der Waals surface area contributed by atoms with E-state index in [-0.39, 0.29) is 5.54 Å². The molecule has 1 unspecified atom stereocenters. The minimum Gasteiger partial charge on any atom is -0.383 e. The van der Waals surface area contributed by atoms with Crippen molar-refractivity contribution in [1.82, 2.24) is 4.90 Å². The van der Waals surface area contributed by atoms with Gasteiger partial charge in [-0.05, 0) is 20.2 Å². The third-order valence-electron chi connectivity index (χ3n) is 2.45. The number of hydrogen-bond acceptors (Lipinski definition) is 4. The zero-order valence-corrected chi connectivity index (χ0v) is 9.99. The highest BCUT2D eigenvalue weighted by molar-refractivity contribution is 7.98. The van der Waals surface area contributed by atoms with Gasteiger partial charge in [0.25, 0.3) is 0 Å². The van der Waals surface area contributed by atoms with E-state index in [1.54, 1.807) is 7.11 Å². The monoisotopic (exact) mass is 206 g/mol. The summed E-state index contributed by atoms with van der Waals surface area (Å²) in [4.78, 5) is 2.27. The lowest BCUT2D eigenvalue weighted by Gasteiger charge is -2.37. The third kappa shape index (κ3) is 4.31. The first-order valence-corrected chi connectivity index (χ1v) is 5.89. The standard InChI is InChI=1S/C9H22N2OS/c1-9(7-10,8-12-3)11(2)5-6-13-4/h5-8,10H2,1-4H3. The SMILES string of the molecule is COCC(C)(CN)N(C)CCSC. The van der Waals surface area contributed by atoms with Crippen LogP contribution in [-0.2, 0) is 4.74 Å². The van der Waals surface area contributed by atoms with Gasteiger partial charge in [0.15, 0.2) is 0 Å². The second-order valence-corrected chi connectivity index (χ2v) is 4.53. The van der Waals surface area contributed by atoms with Crippen LogP contribution in [0.25, 0.3) is 0 Å². The maximum absolute atomic E-state index is 5.74. The van der Waals surface area contributed by atoms with Crippen molar-refractivity contribution >= 4 is 11.8 Å². The minimum absolute atomic E-state index is 0.0233. The van der Waals surface area contributed by atoms with Gasteiger partial charge in [0.2, 0.25) is 0 Å². The fourth-order valence-corrected chi connectivity index (χ4v) is 1.59. The van der Waals surface area contributed by atoms with Crippen LogP contribution in [0.15, 0.2) is 0 Å². The molecule has 3 nitrogen and oxygen atoms in total. The van der Waals surface area contributed by atoms with Gasteiger partial charge in [-0.25, -0.2) is 0 Å². The first-order chi connectivity index (χ1) is 6.10. The second-order valence-electron chi connectivity index (χ2n) is 3.55. The second kappa shape index (κ2) is 6.65. The molecule has 0 amide bonds. The summed E-state index contributed by atoms with van der Waals surface area (Å²) in [5, 5.41) is 0. The average Bonchev–Trinajstić information content (AvgIpc) is 2.14. The predicted octanol–water partition coefficient (Wildman–Crippen LogP) is 0.645. The highest BCUT2D eigenvalue weighted by atomic mass is 32.2. The molecule has 1 atom stereocenters. The maximum atomic E-state index is 5.74. The summed E-state index contributed by atoms with van der Waals surface area (Å²) in [5.41, 5.74) is 5.71. The molecule has 0 bridgehead atoms. The number of methoxy groups -OCH3 is 1. The lowest BCUT2D eigenvalue weighted by Crippen LogP contribution is -2.53. The average molecular weight is 206 g/mol. The van der Waals surface area contributed by atoms with E-state index in [9.17, 15) is 0 Å². The molecule has 4 heteroatoms. The van der Waals surface area contributed by atoms with E-state index in [1.165, 1.54) is 0 Å². The third-order valence-corrected chi connectivity index (χ3v) is 3.04. The van der Waals surface area contributed by atoms with Crippen LogP contribution in [0.2, 0.25) is 0 Å². The summed E-state index contributed by atoms with van der Waals surface area (Å²) in [6.45, 7) is 4.51. The van der Waals surface area contributed by atoms with Crippen LogP contribution in [0.5, 0.6) is 0 Å². The van der Waals surface area contributed by atoms with Gasteiger partial charge in [0.05, 0.1) is 12.1 Å². The van der Waals surface area contributed by atoms with Gasteiger partial charge < -0.3 is 10.5 Å². The number of rotatable bonds is 7. The molecule has 0 spiro atoms. The minimum atomic E-state index is -0.0233. The molecule has 0 aliphatic rings. The molecule has 0 aliphatic carbocycles. The number of nitrogens with zero attached hydrogens (tertiary/aromatic N) is 1. The maximum Gasteiger partial charge on any atom is 0.0656 e. The molecule has 0 saturated heterocycles. The van der Waals surface area contributed by atoms with E-state index >= 15 is 0 Å². The number of nitrogens with two attached hydrogens (primary N) is 1. The molecule has 80 valence electrons. The van der Waals surface area contributed by atoms with Crippen molar-refractivity contribution in [1.29, 1.82) is 0 Å². The first kappa shape index (κ1) is 13.2. The summed E-state index contributed by atoms with van der Waals surface area (Å²) in [6, 6.07) is 0. The topological polar surface area (TPSA) is 38.5 Å². The zero-order chi connectivity index (χ0) is 10.3. The molecule has 0 aromatic carbocycles. The van der Waals surface area contributed by atoms with E-state index in [0.717, 1.165) is 12.3 Å². The van der Waals surface area contributed by atoms with Gasteiger partial charge in [0.1, 0.15) is 0 Å². The van der Waals surface area contributed by atoms with E-state index in [0.29, 0.717) is 13.2 Å². The Morgan fingerprint density at radius 1 is 1.54 bits per heavy atom. The summed E-state index contributed by atoms with van der Waals surface area (Å²) < 4.78 is 5.17. The molecule has 2 N–H and O–H groups in total. The number of ether oxygens (including phenoxy) is 1. The number of likely N-dealkylation sites (N-methyl/N-ethyl adjacent to an activating group) is 1. The molecular formula is C9H22N2OS. The highest BCUT2D eigenvalue weighted by Crippen LogP contribution is 2.12. The zero-order valence-electron chi connectivity index (χ0n) is 9.17. The number of thioether (sulfide) groups is 1. The molecule has 0 aromatic rings. The van der Waals surface area contributed by atoms with Gasteiger partial charge in [-0.2, -0.15) is 11.8 Å². The molecule has 0 rings (SSSR count). The van der Waals surface area contributed by atoms with Crippen LogP contribution in [-0.4, -0.2) is 56.3 Å². The van der Waals surface area contributed by atoms with Crippen molar-refractivity contribution in [3.05, 3.63) is 0 Å². The van der Waals surface area contributed by atoms with Crippen molar-refractivity contribution < 1.29 is 4.74 Å². The largest absolute Gasteiger partial charge is 0.383 e. The van der Waals surface area contributed by atoms with E-state index < -0.39 is 0 Å². The van der Waals surface area contributed by atoms with Gasteiger partial charge in [-0.15, -0.1) is 0 Å². The molecule has 0 fully saturated rings. The Hall–Kier alpha value is 0.230. The first-order valence-electron chi connectivity index (χ1n) is 4.50. The Balaban J connectivity index is 4.03. The van der Waals surface area contributed by atoms with Crippen molar-refractivity contribution in [3.63, 3.8) is 0 Å². The van der Waals surface area contributed by atoms with E-state index in [1.807, 2.05) is 11.8 Å². The van der Waals surface area contributed by atoms with Crippen molar-refractivity contribution in [2.24, 2.45) is 5.73 Å². The van der Waals surface area contributed by atoms with Crippen LogP contribution >= 0.6 is 11.8 Å². The number of hydrogen-bond donors (Lipinski definition) is 1. The van der Waals surface area contributed by atoms with Gasteiger partial charge in [-0.1, -0.05) is 0 Å². The van der Waals surface area contributed by atoms with Crippen LogP contribution in [0, 0.1) is 0 Å². The molecule has 13 heavy (non-hydrogen) atoms. The van der Waals surface area contributed by atoms with Crippen molar-refractivity contribution in [3.8, 4) is 0 Å². The van der Waals surface area contributed by atoms with E-state index in [4.69, 9.17) is 10.5 Å². The molecular weight excluding hydrogens is 184 g/mol. The lowest BCUT2D eigenvalue weighted by molar-refractivity contribution is 0.0475. The van der Waals surface area contributed by atoms with Crippen molar-refractivity contribution in [2.75, 3.05) is 45.9 Å². The van der Waals surface area contributed by atoms with Crippen molar-refractivity contribution in [2.45, 2.75) is 12.5 Å². The van der Waals surface area contributed by atoms with Gasteiger partial charge in [0, 0.05) is 26.0 Å². The summed E-state index contributed by atoms with van der Waals surface area (Å²) in [7, 11) is 3.82. The normalized spacial score (nSPS) is 16.2. The Labute approximate surface area is 86.0 Å². The Morgan fingerprint density at radius 3 is 2.54 bits per heavy atom. The van der Waals surface area contributed by atoms with Gasteiger partial charge in [-0.3, -0.25) is 4.90 Å². The Kier molecular flexibility index (Phi) is 6.77. The summed E-state index contributed by atoms with van der Waals surface area (Å²) in [6.07, 6.45) is 2.12. The Bertz CT molecular complexity index is 135. The lowest BCUT2D eigenvalue weighted by atomic mass is 10.0. The summed E-state index contributed by atoms with van der Waals surface area (Å²) in [5.74, 6) is 1.13.